The SMILES string of the molecule is CCCCCCCCS(=O)(=O)O/N=C(/c1ccc(OC)cc1)C(F)(F)F. The summed E-state index contributed by atoms with van der Waals surface area (Å²) in [5.41, 5.74) is -1.72. The van der Waals surface area contributed by atoms with Gasteiger partial charge in [0.2, 0.25) is 0 Å². The van der Waals surface area contributed by atoms with Crippen molar-refractivity contribution in [3.05, 3.63) is 29.8 Å². The van der Waals surface area contributed by atoms with Gasteiger partial charge < -0.3 is 4.74 Å². The van der Waals surface area contributed by atoms with Crippen LogP contribution in [0.5, 0.6) is 5.75 Å². The van der Waals surface area contributed by atoms with Crippen LogP contribution in [0.4, 0.5) is 13.2 Å². The third kappa shape index (κ3) is 8.07. The number of rotatable bonds is 11. The van der Waals surface area contributed by atoms with Crippen LogP contribution in [0, 0.1) is 0 Å². The highest BCUT2D eigenvalue weighted by Crippen LogP contribution is 2.24. The molecule has 0 spiro atoms. The second-order valence-electron chi connectivity index (χ2n) is 5.77. The Labute approximate surface area is 152 Å². The molecule has 1 aromatic carbocycles. The maximum Gasteiger partial charge on any atom is 0.437 e. The van der Waals surface area contributed by atoms with Crippen molar-refractivity contribution >= 4 is 15.8 Å². The molecule has 148 valence electrons. The molecule has 1 aromatic rings. The van der Waals surface area contributed by atoms with Crippen molar-refractivity contribution in [2.24, 2.45) is 5.16 Å². The Hall–Kier alpha value is -1.77. The van der Waals surface area contributed by atoms with Gasteiger partial charge in [0.15, 0.2) is 5.71 Å². The van der Waals surface area contributed by atoms with E-state index in [9.17, 15) is 21.6 Å². The van der Waals surface area contributed by atoms with Crippen molar-refractivity contribution in [2.75, 3.05) is 12.9 Å². The van der Waals surface area contributed by atoms with E-state index in [1.807, 2.05) is 0 Å². The second-order valence-corrected chi connectivity index (χ2v) is 7.44. The van der Waals surface area contributed by atoms with Gasteiger partial charge in [0.25, 0.3) is 0 Å². The number of unbranched alkanes of at least 4 members (excludes halogenated alkanes) is 5. The summed E-state index contributed by atoms with van der Waals surface area (Å²) >= 11 is 0. The molecule has 9 heteroatoms. The molecule has 0 unspecified atom stereocenters. The van der Waals surface area contributed by atoms with Crippen molar-refractivity contribution < 1.29 is 30.6 Å². The molecular formula is C17H24F3NO4S. The zero-order chi connectivity index (χ0) is 19.6. The topological polar surface area (TPSA) is 65.0 Å². The fourth-order valence-electron chi connectivity index (χ4n) is 2.21. The summed E-state index contributed by atoms with van der Waals surface area (Å²) in [5, 5.41) is 2.88. The molecule has 0 saturated heterocycles. The fourth-order valence-corrected chi connectivity index (χ4v) is 3.03. The molecule has 0 aliphatic rings. The van der Waals surface area contributed by atoms with E-state index in [1.165, 1.54) is 19.2 Å². The molecule has 0 heterocycles. The van der Waals surface area contributed by atoms with Crippen LogP contribution in [0.2, 0.25) is 0 Å². The lowest BCUT2D eigenvalue weighted by Crippen LogP contribution is -2.25. The van der Waals surface area contributed by atoms with Crippen LogP contribution < -0.4 is 4.74 Å². The maximum atomic E-state index is 13.2. The lowest BCUT2D eigenvalue weighted by molar-refractivity contribution is -0.0597. The number of halogens is 3. The minimum atomic E-state index is -4.86. The summed E-state index contributed by atoms with van der Waals surface area (Å²) in [5.74, 6) is 0.00278. The van der Waals surface area contributed by atoms with Gasteiger partial charge in [-0.05, 0) is 30.7 Å². The molecule has 0 radical (unpaired) electrons. The molecule has 26 heavy (non-hydrogen) atoms. The Morgan fingerprint density at radius 3 is 2.15 bits per heavy atom. The first-order valence-corrected chi connectivity index (χ1v) is 9.98. The van der Waals surface area contributed by atoms with E-state index in [-0.39, 0.29) is 11.3 Å². The summed E-state index contributed by atoms with van der Waals surface area (Å²) in [7, 11) is -2.78. The second kappa shape index (κ2) is 10.4. The standard InChI is InChI=1S/C17H24F3NO4S/c1-3-4-5-6-7-8-13-26(22,23)25-21-16(17(18,19)20)14-9-11-15(24-2)12-10-14/h9-12H,3-8,13H2,1-2H3/b21-16-. The number of methoxy groups -OCH3 is 1. The molecular weight excluding hydrogens is 371 g/mol. The molecule has 0 N–H and O–H groups in total. The van der Waals surface area contributed by atoms with E-state index in [0.717, 1.165) is 37.8 Å². The first-order chi connectivity index (χ1) is 12.2. The number of hydrogen-bond acceptors (Lipinski definition) is 5. The summed E-state index contributed by atoms with van der Waals surface area (Å²) in [4.78, 5) is 0. The predicted molar refractivity (Wildman–Crippen MR) is 93.8 cm³/mol. The number of ether oxygens (including phenoxy) is 1. The first-order valence-electron chi connectivity index (χ1n) is 8.40. The summed E-state index contributed by atoms with van der Waals surface area (Å²) in [6, 6.07) is 4.91. The number of hydrogen-bond donors (Lipinski definition) is 0. The van der Waals surface area contributed by atoms with Gasteiger partial charge in [0.05, 0.1) is 12.9 Å². The monoisotopic (exact) mass is 395 g/mol. The van der Waals surface area contributed by atoms with Crippen molar-refractivity contribution in [3.63, 3.8) is 0 Å². The third-order valence-corrected chi connectivity index (χ3v) is 4.71. The number of nitrogens with zero attached hydrogens (tertiary/aromatic N) is 1. The predicted octanol–water partition coefficient (Wildman–Crippen LogP) is 4.67. The summed E-state index contributed by atoms with van der Waals surface area (Å²) < 4.78 is 72.1. The van der Waals surface area contributed by atoms with Crippen LogP contribution in [0.1, 0.15) is 51.0 Å². The molecule has 0 atom stereocenters. The van der Waals surface area contributed by atoms with Gasteiger partial charge >= 0.3 is 16.3 Å². The molecule has 0 amide bonds. The minimum absolute atomic E-state index is 0.312. The van der Waals surface area contributed by atoms with Crippen molar-refractivity contribution in [1.82, 2.24) is 0 Å². The Balaban J connectivity index is 2.74. The van der Waals surface area contributed by atoms with Gasteiger partial charge in [-0.15, -0.1) is 0 Å². The molecule has 1 rings (SSSR count). The van der Waals surface area contributed by atoms with Gasteiger partial charge in [-0.3, -0.25) is 4.28 Å². The average molecular weight is 395 g/mol. The van der Waals surface area contributed by atoms with E-state index < -0.39 is 22.0 Å². The van der Waals surface area contributed by atoms with E-state index in [1.54, 1.807) is 0 Å². The van der Waals surface area contributed by atoms with E-state index in [0.29, 0.717) is 18.6 Å². The van der Waals surface area contributed by atoms with Crippen LogP contribution >= 0.6 is 0 Å². The molecule has 0 aliphatic carbocycles. The van der Waals surface area contributed by atoms with Crippen LogP contribution in [0.25, 0.3) is 0 Å². The van der Waals surface area contributed by atoms with Gasteiger partial charge in [-0.25, -0.2) is 0 Å². The highest BCUT2D eigenvalue weighted by atomic mass is 32.2. The van der Waals surface area contributed by atoms with Crippen molar-refractivity contribution in [1.29, 1.82) is 0 Å². The van der Waals surface area contributed by atoms with Gasteiger partial charge in [0.1, 0.15) is 5.75 Å². The Morgan fingerprint density at radius 1 is 1.04 bits per heavy atom. The lowest BCUT2D eigenvalue weighted by Gasteiger charge is -2.11. The lowest BCUT2D eigenvalue weighted by atomic mass is 10.1. The van der Waals surface area contributed by atoms with Crippen LogP contribution in [-0.2, 0) is 14.4 Å². The van der Waals surface area contributed by atoms with Crippen LogP contribution in [0.3, 0.4) is 0 Å². The fraction of sp³-hybridized carbons (Fsp3) is 0.588. The molecule has 0 aliphatic heterocycles. The largest absolute Gasteiger partial charge is 0.497 e. The van der Waals surface area contributed by atoms with Gasteiger partial charge in [-0.1, -0.05) is 44.2 Å². The Kier molecular flexibility index (Phi) is 8.91. The molecule has 0 bridgehead atoms. The van der Waals surface area contributed by atoms with E-state index in [2.05, 4.69) is 16.4 Å². The quantitative estimate of drug-likeness (QED) is 0.310. The van der Waals surface area contributed by atoms with Gasteiger partial charge in [0, 0.05) is 5.56 Å². The Morgan fingerprint density at radius 2 is 1.62 bits per heavy atom. The highest BCUT2D eigenvalue weighted by Gasteiger charge is 2.38. The average Bonchev–Trinajstić information content (AvgIpc) is 2.57. The zero-order valence-corrected chi connectivity index (χ0v) is 15.7. The van der Waals surface area contributed by atoms with Crippen molar-refractivity contribution in [3.8, 4) is 5.75 Å². The van der Waals surface area contributed by atoms with E-state index in [4.69, 9.17) is 4.74 Å². The Bertz CT molecular complexity index is 670. The molecule has 0 aromatic heterocycles. The smallest absolute Gasteiger partial charge is 0.437 e. The van der Waals surface area contributed by atoms with Crippen LogP contribution in [-0.4, -0.2) is 33.2 Å². The summed E-state index contributed by atoms with van der Waals surface area (Å²) in [6.07, 6.45) is 0.177. The number of benzene rings is 1. The number of alkyl halides is 3. The maximum absolute atomic E-state index is 13.2. The minimum Gasteiger partial charge on any atom is -0.497 e. The van der Waals surface area contributed by atoms with Crippen LogP contribution in [0.15, 0.2) is 29.4 Å². The molecule has 5 nitrogen and oxygen atoms in total. The molecule has 0 saturated carbocycles. The molecule has 0 fully saturated rings. The first kappa shape index (κ1) is 22.3. The number of oxime groups is 1. The summed E-state index contributed by atoms with van der Waals surface area (Å²) in [6.45, 7) is 2.07. The van der Waals surface area contributed by atoms with Gasteiger partial charge in [-0.2, -0.15) is 21.6 Å². The van der Waals surface area contributed by atoms with Crippen molar-refractivity contribution in [2.45, 2.75) is 51.6 Å². The van der Waals surface area contributed by atoms with E-state index >= 15 is 0 Å². The third-order valence-electron chi connectivity index (χ3n) is 3.62. The highest BCUT2D eigenvalue weighted by molar-refractivity contribution is 7.86. The normalized spacial score (nSPS) is 12.9. The zero-order valence-electron chi connectivity index (χ0n) is 14.9.